The van der Waals surface area contributed by atoms with E-state index >= 15 is 0 Å². The molecule has 2 rings (SSSR count). The number of nitrogens with one attached hydrogen (secondary N) is 1. The Hall–Kier alpha value is -1.94. The van der Waals surface area contributed by atoms with E-state index in [1.807, 2.05) is 62.0 Å². The molecule has 1 amide bonds. The van der Waals surface area contributed by atoms with E-state index in [0.29, 0.717) is 6.54 Å². The van der Waals surface area contributed by atoms with Crippen LogP contribution in [0.15, 0.2) is 48.5 Å². The number of aryl methyl sites for hydroxylation is 2. The standard InChI is InChI=1S/C19H23NO2S/c1-15-8-9-18(16(2)12-15)22-13-19(21)20-10-11-23-14-17-6-4-3-5-7-17/h3-9,12H,10-11,13-14H2,1-2H3,(H,20,21). The molecule has 122 valence electrons. The van der Waals surface area contributed by atoms with Crippen LogP contribution in [0.4, 0.5) is 0 Å². The molecule has 0 unspecified atom stereocenters. The average Bonchev–Trinajstić information content (AvgIpc) is 2.54. The second-order valence-corrected chi connectivity index (χ2v) is 6.55. The summed E-state index contributed by atoms with van der Waals surface area (Å²) in [5, 5.41) is 2.89. The van der Waals surface area contributed by atoms with Crippen molar-refractivity contribution in [3.63, 3.8) is 0 Å². The Kier molecular flexibility index (Phi) is 7.01. The maximum absolute atomic E-state index is 11.8. The van der Waals surface area contributed by atoms with Gasteiger partial charge in [-0.2, -0.15) is 11.8 Å². The average molecular weight is 329 g/mol. The molecule has 2 aromatic carbocycles. The molecule has 0 heterocycles. The largest absolute Gasteiger partial charge is 0.484 e. The van der Waals surface area contributed by atoms with Crippen LogP contribution in [-0.2, 0) is 10.5 Å². The van der Waals surface area contributed by atoms with E-state index in [2.05, 4.69) is 17.4 Å². The molecular formula is C19H23NO2S. The first-order valence-corrected chi connectivity index (χ1v) is 8.89. The molecule has 0 spiro atoms. The second-order valence-electron chi connectivity index (χ2n) is 5.45. The summed E-state index contributed by atoms with van der Waals surface area (Å²) in [4.78, 5) is 11.8. The minimum absolute atomic E-state index is 0.0628. The van der Waals surface area contributed by atoms with Gasteiger partial charge in [0.1, 0.15) is 5.75 Å². The maximum Gasteiger partial charge on any atom is 0.257 e. The van der Waals surface area contributed by atoms with Gasteiger partial charge in [-0.3, -0.25) is 4.79 Å². The van der Waals surface area contributed by atoms with Crippen molar-refractivity contribution in [2.75, 3.05) is 18.9 Å². The Balaban J connectivity index is 1.60. The highest BCUT2D eigenvalue weighted by molar-refractivity contribution is 7.98. The number of ether oxygens (including phenoxy) is 1. The van der Waals surface area contributed by atoms with Crippen molar-refractivity contribution in [1.29, 1.82) is 0 Å². The Morgan fingerprint density at radius 3 is 2.65 bits per heavy atom. The number of thioether (sulfide) groups is 1. The number of benzene rings is 2. The lowest BCUT2D eigenvalue weighted by molar-refractivity contribution is -0.122. The lowest BCUT2D eigenvalue weighted by Gasteiger charge is -2.10. The van der Waals surface area contributed by atoms with Gasteiger partial charge in [0.05, 0.1) is 0 Å². The zero-order chi connectivity index (χ0) is 16.5. The first-order chi connectivity index (χ1) is 11.1. The molecule has 0 saturated carbocycles. The highest BCUT2D eigenvalue weighted by atomic mass is 32.2. The Bertz CT molecular complexity index is 629. The van der Waals surface area contributed by atoms with Crippen LogP contribution in [-0.4, -0.2) is 24.8 Å². The monoisotopic (exact) mass is 329 g/mol. The third-order valence-corrected chi connectivity index (χ3v) is 4.40. The molecule has 1 N–H and O–H groups in total. The fourth-order valence-corrected chi connectivity index (χ4v) is 3.00. The molecule has 23 heavy (non-hydrogen) atoms. The normalized spacial score (nSPS) is 10.3. The smallest absolute Gasteiger partial charge is 0.257 e. The zero-order valence-corrected chi connectivity index (χ0v) is 14.5. The van der Waals surface area contributed by atoms with Crippen LogP contribution in [0.3, 0.4) is 0 Å². The topological polar surface area (TPSA) is 38.3 Å². The minimum Gasteiger partial charge on any atom is -0.484 e. The summed E-state index contributed by atoms with van der Waals surface area (Å²) in [6.07, 6.45) is 0. The van der Waals surface area contributed by atoms with E-state index in [-0.39, 0.29) is 12.5 Å². The van der Waals surface area contributed by atoms with Crippen molar-refractivity contribution in [3.05, 3.63) is 65.2 Å². The number of carbonyl (C=O) groups excluding carboxylic acids is 1. The van der Waals surface area contributed by atoms with Crippen LogP contribution >= 0.6 is 11.8 Å². The third-order valence-electron chi connectivity index (χ3n) is 3.37. The molecule has 0 aromatic heterocycles. The van der Waals surface area contributed by atoms with E-state index < -0.39 is 0 Å². The van der Waals surface area contributed by atoms with Crippen LogP contribution in [0.5, 0.6) is 5.75 Å². The summed E-state index contributed by atoms with van der Waals surface area (Å²) in [5.74, 6) is 2.55. The fraction of sp³-hybridized carbons (Fsp3) is 0.316. The van der Waals surface area contributed by atoms with Gasteiger partial charge in [0, 0.05) is 18.1 Å². The predicted octanol–water partition coefficient (Wildman–Crippen LogP) is 3.73. The first-order valence-electron chi connectivity index (χ1n) is 7.73. The Morgan fingerprint density at radius 1 is 1.13 bits per heavy atom. The van der Waals surface area contributed by atoms with Gasteiger partial charge >= 0.3 is 0 Å². The quantitative estimate of drug-likeness (QED) is 0.750. The number of carbonyl (C=O) groups is 1. The van der Waals surface area contributed by atoms with Gasteiger partial charge in [-0.05, 0) is 31.0 Å². The Morgan fingerprint density at radius 2 is 1.91 bits per heavy atom. The van der Waals surface area contributed by atoms with Crippen molar-refractivity contribution in [3.8, 4) is 5.75 Å². The predicted molar refractivity (Wildman–Crippen MR) is 97.0 cm³/mol. The second kappa shape index (κ2) is 9.26. The molecule has 0 aliphatic carbocycles. The van der Waals surface area contributed by atoms with Crippen molar-refractivity contribution < 1.29 is 9.53 Å². The zero-order valence-electron chi connectivity index (χ0n) is 13.7. The van der Waals surface area contributed by atoms with E-state index in [9.17, 15) is 4.79 Å². The summed E-state index contributed by atoms with van der Waals surface area (Å²) in [6.45, 7) is 4.75. The van der Waals surface area contributed by atoms with E-state index in [1.54, 1.807) is 0 Å². The molecule has 0 saturated heterocycles. The SMILES string of the molecule is Cc1ccc(OCC(=O)NCCSCc2ccccc2)c(C)c1. The summed E-state index contributed by atoms with van der Waals surface area (Å²) in [6, 6.07) is 16.3. The fourth-order valence-electron chi connectivity index (χ4n) is 2.18. The van der Waals surface area contributed by atoms with Crippen molar-refractivity contribution in [2.24, 2.45) is 0 Å². The lowest BCUT2D eigenvalue weighted by atomic mass is 10.1. The van der Waals surface area contributed by atoms with Gasteiger partial charge in [0.15, 0.2) is 6.61 Å². The molecule has 3 nitrogen and oxygen atoms in total. The van der Waals surface area contributed by atoms with Crippen LogP contribution in [0.2, 0.25) is 0 Å². The minimum atomic E-state index is -0.0784. The van der Waals surface area contributed by atoms with Gasteiger partial charge in [0.25, 0.3) is 5.91 Å². The van der Waals surface area contributed by atoms with E-state index in [1.165, 1.54) is 11.1 Å². The van der Waals surface area contributed by atoms with Crippen molar-refractivity contribution >= 4 is 17.7 Å². The van der Waals surface area contributed by atoms with Gasteiger partial charge < -0.3 is 10.1 Å². The molecule has 4 heteroatoms. The maximum atomic E-state index is 11.8. The van der Waals surface area contributed by atoms with E-state index in [0.717, 1.165) is 22.8 Å². The summed E-state index contributed by atoms with van der Waals surface area (Å²) in [7, 11) is 0. The van der Waals surface area contributed by atoms with Gasteiger partial charge in [0.2, 0.25) is 0 Å². The molecule has 0 aliphatic rings. The summed E-state index contributed by atoms with van der Waals surface area (Å²) in [5.41, 5.74) is 3.55. The molecule has 2 aromatic rings. The summed E-state index contributed by atoms with van der Waals surface area (Å²) >= 11 is 1.81. The van der Waals surface area contributed by atoms with Gasteiger partial charge in [-0.15, -0.1) is 0 Å². The van der Waals surface area contributed by atoms with Crippen LogP contribution in [0, 0.1) is 13.8 Å². The van der Waals surface area contributed by atoms with Crippen LogP contribution in [0.25, 0.3) is 0 Å². The number of rotatable bonds is 8. The highest BCUT2D eigenvalue weighted by Gasteiger charge is 2.04. The molecule has 0 bridgehead atoms. The van der Waals surface area contributed by atoms with Crippen LogP contribution < -0.4 is 10.1 Å². The van der Waals surface area contributed by atoms with Crippen molar-refractivity contribution in [2.45, 2.75) is 19.6 Å². The summed E-state index contributed by atoms with van der Waals surface area (Å²) < 4.78 is 5.56. The Labute approximate surface area is 142 Å². The molecular weight excluding hydrogens is 306 g/mol. The van der Waals surface area contributed by atoms with Gasteiger partial charge in [-0.25, -0.2) is 0 Å². The van der Waals surface area contributed by atoms with Crippen molar-refractivity contribution in [1.82, 2.24) is 5.32 Å². The number of hydrogen-bond acceptors (Lipinski definition) is 3. The number of amides is 1. The molecule has 0 radical (unpaired) electrons. The third kappa shape index (κ3) is 6.37. The molecule has 0 atom stereocenters. The molecule has 0 fully saturated rings. The van der Waals surface area contributed by atoms with Crippen LogP contribution in [0.1, 0.15) is 16.7 Å². The van der Waals surface area contributed by atoms with Gasteiger partial charge in [-0.1, -0.05) is 48.0 Å². The lowest BCUT2D eigenvalue weighted by Crippen LogP contribution is -2.30. The highest BCUT2D eigenvalue weighted by Crippen LogP contribution is 2.18. The number of hydrogen-bond donors (Lipinski definition) is 1. The van der Waals surface area contributed by atoms with E-state index in [4.69, 9.17) is 4.74 Å². The first kappa shape index (κ1) is 17.4. The molecule has 0 aliphatic heterocycles.